The Balaban J connectivity index is 2.23. The zero-order valence-corrected chi connectivity index (χ0v) is 13.5. The van der Waals surface area contributed by atoms with Gasteiger partial charge in [-0.15, -0.1) is 0 Å². The summed E-state index contributed by atoms with van der Waals surface area (Å²) in [6.07, 6.45) is 6.94. The summed E-state index contributed by atoms with van der Waals surface area (Å²) in [5.74, 6) is -0.898. The molecule has 2 N–H and O–H groups in total. The number of carboxylic acid groups (broad SMARTS) is 1. The molecule has 0 spiro atoms. The average Bonchev–Trinajstić information content (AvgIpc) is 2.56. The second kappa shape index (κ2) is 8.62. The van der Waals surface area contributed by atoms with E-state index in [0.29, 0.717) is 12.8 Å². The zero-order valence-electron chi connectivity index (χ0n) is 13.5. The highest BCUT2D eigenvalue weighted by Gasteiger charge is 2.06. The highest BCUT2D eigenvalue weighted by atomic mass is 16.4. The van der Waals surface area contributed by atoms with Crippen LogP contribution in [0, 0.1) is 0 Å². The lowest BCUT2D eigenvalue weighted by Gasteiger charge is -2.10. The second-order valence-corrected chi connectivity index (χ2v) is 5.40. The standard InChI is InChI=1S/C19H20N2O3/c1-14(22)21-17-10-8-15(9-11-17)18(6-2-3-7-19(23)24)16-5-4-12-20-13-16/h4-6,8-13H,2-3,7H2,1H3,(H,21,22)(H,23,24)/b18-6+. The van der Waals surface area contributed by atoms with Gasteiger partial charge in [-0.2, -0.15) is 0 Å². The number of aromatic nitrogens is 1. The number of anilines is 1. The molecule has 0 saturated carbocycles. The molecule has 1 aromatic heterocycles. The number of amides is 1. The third-order valence-electron chi connectivity index (χ3n) is 3.43. The molecule has 0 radical (unpaired) electrons. The topological polar surface area (TPSA) is 79.3 Å². The maximum Gasteiger partial charge on any atom is 0.303 e. The van der Waals surface area contributed by atoms with E-state index in [1.54, 1.807) is 12.4 Å². The highest BCUT2D eigenvalue weighted by Crippen LogP contribution is 2.25. The molecule has 0 fully saturated rings. The SMILES string of the molecule is CC(=O)Nc1ccc(/C(=C\CCCC(=O)O)c2cccnc2)cc1. The van der Waals surface area contributed by atoms with Crippen LogP contribution < -0.4 is 5.32 Å². The maximum absolute atomic E-state index is 11.1. The molecule has 1 amide bonds. The Morgan fingerprint density at radius 2 is 1.92 bits per heavy atom. The Hall–Kier alpha value is -2.95. The molecule has 1 heterocycles. The lowest BCUT2D eigenvalue weighted by atomic mass is 9.97. The summed E-state index contributed by atoms with van der Waals surface area (Å²) in [6.45, 7) is 1.47. The van der Waals surface area contributed by atoms with Gasteiger partial charge >= 0.3 is 5.97 Å². The monoisotopic (exact) mass is 324 g/mol. The first-order valence-corrected chi connectivity index (χ1v) is 7.76. The summed E-state index contributed by atoms with van der Waals surface area (Å²) in [4.78, 5) is 25.9. The molecule has 124 valence electrons. The summed E-state index contributed by atoms with van der Waals surface area (Å²) in [6, 6.07) is 11.4. The second-order valence-electron chi connectivity index (χ2n) is 5.40. The number of rotatable bonds is 7. The molecular formula is C19H20N2O3. The van der Waals surface area contributed by atoms with Crippen LogP contribution in [0.4, 0.5) is 5.69 Å². The van der Waals surface area contributed by atoms with Crippen LogP contribution in [-0.4, -0.2) is 22.0 Å². The van der Waals surface area contributed by atoms with Gasteiger partial charge in [-0.25, -0.2) is 0 Å². The molecule has 0 saturated heterocycles. The molecule has 0 unspecified atom stereocenters. The fourth-order valence-electron chi connectivity index (χ4n) is 2.36. The van der Waals surface area contributed by atoms with Crippen molar-refractivity contribution in [1.29, 1.82) is 0 Å². The van der Waals surface area contributed by atoms with E-state index in [1.165, 1.54) is 6.92 Å². The number of carboxylic acids is 1. The average molecular weight is 324 g/mol. The lowest BCUT2D eigenvalue weighted by Crippen LogP contribution is -2.05. The summed E-state index contributed by atoms with van der Waals surface area (Å²) < 4.78 is 0. The van der Waals surface area contributed by atoms with Crippen molar-refractivity contribution >= 4 is 23.1 Å². The fraction of sp³-hybridized carbons (Fsp3) is 0.211. The number of nitrogens with one attached hydrogen (secondary N) is 1. The third kappa shape index (κ3) is 5.35. The Bertz CT molecular complexity index is 722. The Morgan fingerprint density at radius 1 is 1.17 bits per heavy atom. The summed E-state index contributed by atoms with van der Waals surface area (Å²) in [5.41, 5.74) is 3.71. The summed E-state index contributed by atoms with van der Waals surface area (Å²) in [5, 5.41) is 11.5. The number of nitrogens with zero attached hydrogens (tertiary/aromatic N) is 1. The zero-order chi connectivity index (χ0) is 17.4. The minimum absolute atomic E-state index is 0.112. The Labute approximate surface area is 141 Å². The first kappa shape index (κ1) is 17.4. The molecular weight excluding hydrogens is 304 g/mol. The Kier molecular flexibility index (Phi) is 6.25. The van der Waals surface area contributed by atoms with Crippen LogP contribution in [0.3, 0.4) is 0 Å². The van der Waals surface area contributed by atoms with E-state index in [0.717, 1.165) is 22.4 Å². The molecule has 0 aliphatic rings. The van der Waals surface area contributed by atoms with Crippen LogP contribution in [-0.2, 0) is 9.59 Å². The maximum atomic E-state index is 11.1. The molecule has 5 heteroatoms. The number of carbonyl (C=O) groups is 2. The van der Waals surface area contributed by atoms with Crippen molar-refractivity contribution in [3.8, 4) is 0 Å². The van der Waals surface area contributed by atoms with Crippen LogP contribution in [0.15, 0.2) is 54.9 Å². The van der Waals surface area contributed by atoms with Crippen molar-refractivity contribution < 1.29 is 14.7 Å². The van der Waals surface area contributed by atoms with E-state index in [-0.39, 0.29) is 12.3 Å². The van der Waals surface area contributed by atoms with Gasteiger partial charge in [0.05, 0.1) is 0 Å². The van der Waals surface area contributed by atoms with Gasteiger partial charge in [0.2, 0.25) is 5.91 Å². The van der Waals surface area contributed by atoms with Crippen molar-refractivity contribution in [1.82, 2.24) is 4.98 Å². The van der Waals surface area contributed by atoms with Crippen molar-refractivity contribution in [3.63, 3.8) is 0 Å². The van der Waals surface area contributed by atoms with E-state index in [2.05, 4.69) is 10.3 Å². The number of carbonyl (C=O) groups excluding carboxylic acids is 1. The minimum Gasteiger partial charge on any atom is -0.481 e. The van der Waals surface area contributed by atoms with Crippen molar-refractivity contribution in [2.45, 2.75) is 26.2 Å². The molecule has 24 heavy (non-hydrogen) atoms. The first-order valence-electron chi connectivity index (χ1n) is 7.76. The summed E-state index contributed by atoms with van der Waals surface area (Å²) in [7, 11) is 0. The molecule has 1 aromatic carbocycles. The van der Waals surface area contributed by atoms with Gasteiger partial charge in [0.1, 0.15) is 0 Å². The van der Waals surface area contributed by atoms with Gasteiger partial charge in [-0.1, -0.05) is 24.3 Å². The largest absolute Gasteiger partial charge is 0.481 e. The minimum atomic E-state index is -0.786. The Morgan fingerprint density at radius 3 is 2.50 bits per heavy atom. The van der Waals surface area contributed by atoms with Gasteiger partial charge in [0.15, 0.2) is 0 Å². The molecule has 5 nitrogen and oxygen atoms in total. The quantitative estimate of drug-likeness (QED) is 0.761. The van der Waals surface area contributed by atoms with E-state index < -0.39 is 5.97 Å². The van der Waals surface area contributed by atoms with Crippen molar-refractivity contribution in [3.05, 3.63) is 66.0 Å². The molecule has 0 atom stereocenters. The van der Waals surface area contributed by atoms with Crippen LogP contribution in [0.1, 0.15) is 37.3 Å². The number of pyridine rings is 1. The molecule has 2 aromatic rings. The first-order chi connectivity index (χ1) is 11.6. The summed E-state index contributed by atoms with van der Waals surface area (Å²) >= 11 is 0. The lowest BCUT2D eigenvalue weighted by molar-refractivity contribution is -0.137. The normalized spacial score (nSPS) is 11.1. The van der Waals surface area contributed by atoms with Gasteiger partial charge in [-0.3, -0.25) is 14.6 Å². The molecule has 0 aliphatic carbocycles. The van der Waals surface area contributed by atoms with Gasteiger partial charge in [0, 0.05) is 37.0 Å². The smallest absolute Gasteiger partial charge is 0.303 e. The molecule has 0 aliphatic heterocycles. The van der Waals surface area contributed by atoms with E-state index in [4.69, 9.17) is 5.11 Å². The predicted molar refractivity (Wildman–Crippen MR) is 93.5 cm³/mol. The molecule has 0 bridgehead atoms. The van der Waals surface area contributed by atoms with E-state index in [1.807, 2.05) is 42.5 Å². The van der Waals surface area contributed by atoms with Crippen LogP contribution in [0.2, 0.25) is 0 Å². The number of hydrogen-bond donors (Lipinski definition) is 2. The van der Waals surface area contributed by atoms with E-state index in [9.17, 15) is 9.59 Å². The van der Waals surface area contributed by atoms with Gasteiger partial charge < -0.3 is 10.4 Å². The van der Waals surface area contributed by atoms with Crippen molar-refractivity contribution in [2.24, 2.45) is 0 Å². The third-order valence-corrected chi connectivity index (χ3v) is 3.43. The predicted octanol–water partition coefficient (Wildman–Crippen LogP) is 3.73. The van der Waals surface area contributed by atoms with Crippen LogP contribution in [0.25, 0.3) is 5.57 Å². The van der Waals surface area contributed by atoms with Crippen LogP contribution in [0.5, 0.6) is 0 Å². The molecule has 2 rings (SSSR count). The van der Waals surface area contributed by atoms with Gasteiger partial charge in [-0.05, 0) is 42.2 Å². The van der Waals surface area contributed by atoms with Gasteiger partial charge in [0.25, 0.3) is 0 Å². The number of aliphatic carboxylic acids is 1. The number of unbranched alkanes of at least 4 members (excludes halogenated alkanes) is 1. The number of benzene rings is 1. The highest BCUT2D eigenvalue weighted by molar-refractivity contribution is 5.89. The number of allylic oxidation sites excluding steroid dienone is 1. The van der Waals surface area contributed by atoms with Crippen molar-refractivity contribution in [2.75, 3.05) is 5.32 Å². The number of hydrogen-bond acceptors (Lipinski definition) is 3. The fourth-order valence-corrected chi connectivity index (χ4v) is 2.36. The van der Waals surface area contributed by atoms with E-state index >= 15 is 0 Å². The van der Waals surface area contributed by atoms with Crippen LogP contribution >= 0.6 is 0 Å².